The zero-order valence-electron chi connectivity index (χ0n) is 15.6. The van der Waals surface area contributed by atoms with Crippen LogP contribution in [0.5, 0.6) is 0 Å². The first-order valence-electron chi connectivity index (χ1n) is 9.60. The van der Waals surface area contributed by atoms with Crippen molar-refractivity contribution in [3.8, 4) is 0 Å². The largest absolute Gasteiger partial charge is 0.454 e. The van der Waals surface area contributed by atoms with Crippen molar-refractivity contribution in [3.05, 3.63) is 0 Å². The molecule has 2 heterocycles. The summed E-state index contributed by atoms with van der Waals surface area (Å²) in [7, 11) is 0. The lowest BCUT2D eigenvalue weighted by Gasteiger charge is -2.36. The van der Waals surface area contributed by atoms with Gasteiger partial charge in [-0.2, -0.15) is 0 Å². The summed E-state index contributed by atoms with van der Waals surface area (Å²) in [6.45, 7) is 2.08. The van der Waals surface area contributed by atoms with Crippen molar-refractivity contribution in [2.24, 2.45) is 5.92 Å². The normalized spacial score (nSPS) is 30.5. The molecule has 0 aromatic rings. The van der Waals surface area contributed by atoms with Crippen LogP contribution in [-0.4, -0.2) is 66.7 Å². The predicted molar refractivity (Wildman–Crippen MR) is 93.6 cm³/mol. The standard InChI is InChI=1S/C18H27N3O6/c1-12-5-2-3-7-18(12)16(24)21(17(25)20-18)10-15(23)27-11-14(22)19-9-13-6-4-8-26-13/h12-13H,2-11H2,1H3,(H,19,22)(H,20,25)/t12-,13-,18-/m0/s1. The van der Waals surface area contributed by atoms with E-state index in [0.717, 1.165) is 37.0 Å². The first-order chi connectivity index (χ1) is 12.9. The van der Waals surface area contributed by atoms with Gasteiger partial charge in [-0.05, 0) is 31.6 Å². The van der Waals surface area contributed by atoms with E-state index in [1.54, 1.807) is 0 Å². The number of ether oxygens (including phenoxy) is 2. The number of carbonyl (C=O) groups excluding carboxylic acids is 4. The van der Waals surface area contributed by atoms with Gasteiger partial charge in [-0.3, -0.25) is 19.3 Å². The lowest BCUT2D eigenvalue weighted by molar-refractivity contribution is -0.151. The number of esters is 1. The minimum Gasteiger partial charge on any atom is -0.454 e. The third-order valence-electron chi connectivity index (χ3n) is 5.70. The molecule has 4 amide bonds. The van der Waals surface area contributed by atoms with Gasteiger partial charge in [0.2, 0.25) is 0 Å². The highest BCUT2D eigenvalue weighted by molar-refractivity contribution is 6.09. The molecule has 1 saturated carbocycles. The summed E-state index contributed by atoms with van der Waals surface area (Å²) in [5, 5.41) is 5.42. The van der Waals surface area contributed by atoms with Crippen LogP contribution in [0, 0.1) is 5.92 Å². The number of hydrogen-bond donors (Lipinski definition) is 2. The van der Waals surface area contributed by atoms with E-state index in [1.807, 2.05) is 6.92 Å². The van der Waals surface area contributed by atoms with E-state index in [1.165, 1.54) is 0 Å². The molecular formula is C18H27N3O6. The van der Waals surface area contributed by atoms with E-state index in [2.05, 4.69) is 10.6 Å². The van der Waals surface area contributed by atoms with Gasteiger partial charge in [0.05, 0.1) is 6.10 Å². The second kappa shape index (κ2) is 8.24. The summed E-state index contributed by atoms with van der Waals surface area (Å²) >= 11 is 0. The summed E-state index contributed by atoms with van der Waals surface area (Å²) in [6.07, 6.45) is 5.19. The van der Waals surface area contributed by atoms with Crippen LogP contribution in [0.25, 0.3) is 0 Å². The average Bonchev–Trinajstić information content (AvgIpc) is 3.24. The molecule has 1 spiro atoms. The Balaban J connectivity index is 1.45. The zero-order chi connectivity index (χ0) is 19.4. The molecule has 2 saturated heterocycles. The summed E-state index contributed by atoms with van der Waals surface area (Å²) in [5.74, 6) is -1.58. The Labute approximate surface area is 158 Å². The van der Waals surface area contributed by atoms with Crippen molar-refractivity contribution in [3.63, 3.8) is 0 Å². The molecule has 3 atom stereocenters. The maximum Gasteiger partial charge on any atom is 0.326 e. The van der Waals surface area contributed by atoms with Crippen LogP contribution >= 0.6 is 0 Å². The number of nitrogens with one attached hydrogen (secondary N) is 2. The van der Waals surface area contributed by atoms with Gasteiger partial charge < -0.3 is 20.1 Å². The van der Waals surface area contributed by atoms with E-state index >= 15 is 0 Å². The van der Waals surface area contributed by atoms with Crippen LogP contribution in [0.15, 0.2) is 0 Å². The van der Waals surface area contributed by atoms with Gasteiger partial charge in [0, 0.05) is 13.2 Å². The van der Waals surface area contributed by atoms with Crippen LogP contribution in [0.4, 0.5) is 4.79 Å². The Kier molecular flexibility index (Phi) is 5.98. The lowest BCUT2D eigenvalue weighted by Crippen LogP contribution is -2.54. The van der Waals surface area contributed by atoms with Crippen LogP contribution < -0.4 is 10.6 Å². The van der Waals surface area contributed by atoms with Gasteiger partial charge in [-0.1, -0.05) is 19.8 Å². The summed E-state index contributed by atoms with van der Waals surface area (Å²) in [5.41, 5.74) is -0.908. The smallest absolute Gasteiger partial charge is 0.326 e. The number of hydrogen-bond acceptors (Lipinski definition) is 6. The summed E-state index contributed by atoms with van der Waals surface area (Å²) in [4.78, 5) is 49.6. The fourth-order valence-electron chi connectivity index (χ4n) is 4.04. The van der Waals surface area contributed by atoms with E-state index in [4.69, 9.17) is 9.47 Å². The van der Waals surface area contributed by atoms with Gasteiger partial charge in [-0.15, -0.1) is 0 Å². The van der Waals surface area contributed by atoms with Crippen molar-refractivity contribution in [2.45, 2.75) is 57.1 Å². The minimum absolute atomic E-state index is 0.00393. The SMILES string of the molecule is C[C@H]1CCCC[C@]12NC(=O)N(CC(=O)OCC(=O)NC[C@@H]1CCCO1)C2=O. The number of nitrogens with zero attached hydrogens (tertiary/aromatic N) is 1. The van der Waals surface area contributed by atoms with Gasteiger partial charge in [0.15, 0.2) is 6.61 Å². The molecule has 9 nitrogen and oxygen atoms in total. The molecule has 0 bridgehead atoms. The van der Waals surface area contributed by atoms with E-state index in [9.17, 15) is 19.2 Å². The van der Waals surface area contributed by atoms with Crippen LogP contribution in [-0.2, 0) is 23.9 Å². The molecular weight excluding hydrogens is 354 g/mol. The third kappa shape index (κ3) is 4.23. The van der Waals surface area contributed by atoms with Crippen LogP contribution in [0.3, 0.4) is 0 Å². The Bertz CT molecular complexity index is 618. The Morgan fingerprint density at radius 2 is 2.11 bits per heavy atom. The van der Waals surface area contributed by atoms with Gasteiger partial charge >= 0.3 is 12.0 Å². The molecule has 9 heteroatoms. The second-order valence-electron chi connectivity index (χ2n) is 7.54. The number of urea groups is 1. The molecule has 1 aliphatic carbocycles. The maximum absolute atomic E-state index is 12.8. The Hall–Kier alpha value is -2.16. The molecule has 0 radical (unpaired) electrons. The molecule has 3 aliphatic rings. The van der Waals surface area contributed by atoms with Gasteiger partial charge in [0.25, 0.3) is 11.8 Å². The van der Waals surface area contributed by atoms with Gasteiger partial charge in [0.1, 0.15) is 12.1 Å². The first-order valence-corrected chi connectivity index (χ1v) is 9.60. The van der Waals surface area contributed by atoms with Crippen molar-refractivity contribution in [1.82, 2.24) is 15.5 Å². The summed E-state index contributed by atoms with van der Waals surface area (Å²) in [6, 6.07) is -0.575. The van der Waals surface area contributed by atoms with Gasteiger partial charge in [-0.25, -0.2) is 4.79 Å². The van der Waals surface area contributed by atoms with E-state index < -0.39 is 36.6 Å². The number of amides is 4. The zero-order valence-corrected chi connectivity index (χ0v) is 15.6. The third-order valence-corrected chi connectivity index (χ3v) is 5.70. The quantitative estimate of drug-likeness (QED) is 0.506. The van der Waals surface area contributed by atoms with Crippen LogP contribution in [0.2, 0.25) is 0 Å². The highest BCUT2D eigenvalue weighted by atomic mass is 16.5. The molecule has 2 aliphatic heterocycles. The predicted octanol–water partition coefficient (Wildman–Crippen LogP) is 0.326. The topological polar surface area (TPSA) is 114 Å². The molecule has 2 N–H and O–H groups in total. The maximum atomic E-state index is 12.8. The molecule has 150 valence electrons. The Morgan fingerprint density at radius 3 is 2.81 bits per heavy atom. The van der Waals surface area contributed by atoms with Crippen molar-refractivity contribution >= 4 is 23.8 Å². The van der Waals surface area contributed by atoms with E-state index in [-0.39, 0.29) is 17.9 Å². The molecule has 3 fully saturated rings. The number of imide groups is 1. The van der Waals surface area contributed by atoms with Crippen molar-refractivity contribution < 1.29 is 28.7 Å². The highest BCUT2D eigenvalue weighted by Gasteiger charge is 2.55. The molecule has 3 rings (SSSR count). The Morgan fingerprint density at radius 1 is 1.30 bits per heavy atom. The second-order valence-corrected chi connectivity index (χ2v) is 7.54. The van der Waals surface area contributed by atoms with Crippen molar-refractivity contribution in [1.29, 1.82) is 0 Å². The van der Waals surface area contributed by atoms with E-state index in [0.29, 0.717) is 19.6 Å². The minimum atomic E-state index is -0.908. The number of rotatable bonds is 6. The number of carbonyl (C=O) groups is 4. The fraction of sp³-hybridized carbons (Fsp3) is 0.778. The fourth-order valence-corrected chi connectivity index (χ4v) is 4.04. The molecule has 0 aromatic heterocycles. The first kappa shape index (κ1) is 19.6. The van der Waals surface area contributed by atoms with Crippen LogP contribution in [0.1, 0.15) is 45.4 Å². The monoisotopic (exact) mass is 381 g/mol. The molecule has 27 heavy (non-hydrogen) atoms. The summed E-state index contributed by atoms with van der Waals surface area (Å²) < 4.78 is 10.3. The molecule has 0 aromatic carbocycles. The lowest BCUT2D eigenvalue weighted by atomic mass is 9.73. The average molecular weight is 381 g/mol. The highest BCUT2D eigenvalue weighted by Crippen LogP contribution is 2.38. The van der Waals surface area contributed by atoms with Crippen molar-refractivity contribution in [2.75, 3.05) is 26.3 Å². The molecule has 0 unspecified atom stereocenters.